The van der Waals surface area contributed by atoms with Crippen molar-refractivity contribution in [1.29, 1.82) is 0 Å². The van der Waals surface area contributed by atoms with Gasteiger partial charge in [0.05, 0.1) is 18.3 Å². The largest absolute Gasteiger partial charge is 0.413 e. The summed E-state index contributed by atoms with van der Waals surface area (Å²) >= 11 is 0. The van der Waals surface area contributed by atoms with Gasteiger partial charge in [-0.3, -0.25) is 0 Å². The molecule has 5 heteroatoms. The van der Waals surface area contributed by atoms with E-state index in [0.29, 0.717) is 23.2 Å². The third-order valence-corrected chi connectivity index (χ3v) is 24.3. The second kappa shape index (κ2) is 16.6. The lowest BCUT2D eigenvalue weighted by Gasteiger charge is -2.45. The SMILES string of the molecule is C=C1/C(=C\C=C2/CCC[C@]3(C)[C@@H]([C@H](C)/C=C/[C@@H](O)C4(CCCCCCC)CC4)CC[C@@H]23)C[C@@H](O[Si](C)(C)C(C)(C)C)C[C@@H]1O[Si](C)(C)C(C)(C)C. The maximum Gasteiger partial charge on any atom is 0.192 e. The third-order valence-electron chi connectivity index (χ3n) is 15.3. The summed E-state index contributed by atoms with van der Waals surface area (Å²) in [5, 5.41) is 11.6. The Kier molecular flexibility index (Phi) is 14.0. The number of unbranched alkanes of at least 4 members (excludes halogenated alkanes) is 4. The van der Waals surface area contributed by atoms with Crippen molar-refractivity contribution in [2.45, 2.75) is 213 Å². The van der Waals surface area contributed by atoms with E-state index in [0.717, 1.165) is 12.8 Å². The monoisotopic (exact) mass is 739 g/mol. The van der Waals surface area contributed by atoms with Crippen molar-refractivity contribution in [2.24, 2.45) is 28.6 Å². The maximum atomic E-state index is 11.3. The zero-order valence-corrected chi connectivity index (χ0v) is 37.9. The van der Waals surface area contributed by atoms with Crippen LogP contribution in [0.5, 0.6) is 0 Å². The molecule has 0 heterocycles. The molecular formula is C46H82O3Si2. The van der Waals surface area contributed by atoms with Gasteiger partial charge >= 0.3 is 0 Å². The number of hydrogen-bond acceptors (Lipinski definition) is 3. The molecule has 3 nitrogen and oxygen atoms in total. The van der Waals surface area contributed by atoms with Crippen molar-refractivity contribution >= 4 is 16.6 Å². The van der Waals surface area contributed by atoms with E-state index < -0.39 is 16.6 Å². The van der Waals surface area contributed by atoms with Crippen molar-refractivity contribution in [1.82, 2.24) is 0 Å². The molecular weight excluding hydrogens is 657 g/mol. The molecule has 4 saturated carbocycles. The van der Waals surface area contributed by atoms with Gasteiger partial charge in [-0.05, 0) is 134 Å². The van der Waals surface area contributed by atoms with E-state index in [1.807, 2.05) is 0 Å². The zero-order valence-electron chi connectivity index (χ0n) is 35.9. The Bertz CT molecular complexity index is 1270. The highest BCUT2D eigenvalue weighted by molar-refractivity contribution is 6.74. The van der Waals surface area contributed by atoms with Gasteiger partial charge in [-0.15, -0.1) is 0 Å². The van der Waals surface area contributed by atoms with Crippen LogP contribution in [-0.4, -0.2) is 40.1 Å². The van der Waals surface area contributed by atoms with Crippen LogP contribution in [0.25, 0.3) is 0 Å². The fraction of sp³-hybridized carbons (Fsp3) is 0.826. The van der Waals surface area contributed by atoms with Gasteiger partial charge in [0, 0.05) is 6.42 Å². The van der Waals surface area contributed by atoms with Crippen LogP contribution in [0.1, 0.15) is 159 Å². The summed E-state index contributed by atoms with van der Waals surface area (Å²) < 4.78 is 14.2. The second-order valence-electron chi connectivity index (χ2n) is 21.1. The highest BCUT2D eigenvalue weighted by Gasteiger charge is 2.51. The Morgan fingerprint density at radius 1 is 0.882 bits per heavy atom. The molecule has 0 unspecified atom stereocenters. The Labute approximate surface area is 318 Å². The van der Waals surface area contributed by atoms with Crippen LogP contribution in [0.3, 0.4) is 0 Å². The smallest absolute Gasteiger partial charge is 0.192 e. The molecule has 7 atom stereocenters. The molecule has 292 valence electrons. The van der Waals surface area contributed by atoms with Crippen LogP contribution in [0.15, 0.2) is 47.6 Å². The van der Waals surface area contributed by atoms with Crippen LogP contribution in [0, 0.1) is 28.6 Å². The summed E-state index contributed by atoms with van der Waals surface area (Å²) in [4.78, 5) is 0. The molecule has 4 rings (SSSR count). The van der Waals surface area contributed by atoms with Gasteiger partial charge in [-0.1, -0.05) is 131 Å². The first kappa shape index (κ1) is 43.0. The van der Waals surface area contributed by atoms with E-state index >= 15 is 0 Å². The molecule has 0 bridgehead atoms. The van der Waals surface area contributed by atoms with Crippen LogP contribution in [0.2, 0.25) is 36.3 Å². The molecule has 4 aliphatic rings. The number of hydrogen-bond donors (Lipinski definition) is 1. The van der Waals surface area contributed by atoms with Crippen LogP contribution < -0.4 is 0 Å². The van der Waals surface area contributed by atoms with Crippen LogP contribution in [0.4, 0.5) is 0 Å². The summed E-state index contributed by atoms with van der Waals surface area (Å²) in [6.45, 7) is 35.6. The fourth-order valence-electron chi connectivity index (χ4n) is 9.46. The van der Waals surface area contributed by atoms with Crippen molar-refractivity contribution in [3.63, 3.8) is 0 Å². The van der Waals surface area contributed by atoms with Gasteiger partial charge in [-0.2, -0.15) is 0 Å². The van der Waals surface area contributed by atoms with Gasteiger partial charge in [-0.25, -0.2) is 0 Å². The molecule has 0 aromatic carbocycles. The average Bonchev–Trinajstić information content (AvgIpc) is 3.72. The van der Waals surface area contributed by atoms with Crippen LogP contribution in [-0.2, 0) is 8.85 Å². The summed E-state index contributed by atoms with van der Waals surface area (Å²) in [7, 11) is -3.93. The summed E-state index contributed by atoms with van der Waals surface area (Å²) in [6, 6.07) is 0. The Balaban J connectivity index is 1.50. The summed E-state index contributed by atoms with van der Waals surface area (Å²) in [6.07, 6.45) is 27.9. The molecule has 4 fully saturated rings. The standard InChI is InChI=1S/C46H82O3Si2/c1-15-16-17-18-19-29-46(30-31-46)42(47)27-22-34(2)39-25-26-40-36(21-20-28-45(39,40)10)23-24-37-32-38(48-50(11,12)43(4,5)6)33-41(35(37)3)49-51(13,14)44(7,8)9/h22-24,27,34,38-42,47H,3,15-21,25-26,28-33H2,1-2,4-14H3/b27-22+,36-23+,37-24-/t34-,38-,39-,40+,41+,42-,45-/m1/s1. The molecule has 0 saturated heterocycles. The van der Waals surface area contributed by atoms with Gasteiger partial charge in [0.2, 0.25) is 0 Å². The molecule has 0 amide bonds. The lowest BCUT2D eigenvalue weighted by molar-refractivity contribution is 0.0969. The summed E-state index contributed by atoms with van der Waals surface area (Å²) in [5.41, 5.74) is 4.66. The minimum Gasteiger partial charge on any atom is -0.413 e. The van der Waals surface area contributed by atoms with Gasteiger partial charge < -0.3 is 14.0 Å². The Morgan fingerprint density at radius 3 is 2.12 bits per heavy atom. The van der Waals surface area contributed by atoms with E-state index in [2.05, 4.69) is 113 Å². The number of aliphatic hydroxyl groups excluding tert-OH is 1. The lowest BCUT2D eigenvalue weighted by atomic mass is 9.61. The summed E-state index contributed by atoms with van der Waals surface area (Å²) in [5.74, 6) is 1.80. The lowest BCUT2D eigenvalue weighted by Crippen LogP contribution is -2.49. The first-order valence-electron chi connectivity index (χ1n) is 21.4. The zero-order chi connectivity index (χ0) is 38.0. The number of rotatable bonds is 15. The topological polar surface area (TPSA) is 38.7 Å². The molecule has 51 heavy (non-hydrogen) atoms. The first-order chi connectivity index (χ1) is 23.6. The number of fused-ring (bicyclic) bond motifs is 1. The molecule has 0 aliphatic heterocycles. The predicted octanol–water partition coefficient (Wildman–Crippen LogP) is 13.9. The van der Waals surface area contributed by atoms with Crippen molar-refractivity contribution in [3.8, 4) is 0 Å². The Hall–Kier alpha value is -0.726. The molecule has 0 spiro atoms. The Morgan fingerprint density at radius 2 is 1.51 bits per heavy atom. The van der Waals surface area contributed by atoms with Crippen molar-refractivity contribution in [3.05, 3.63) is 47.6 Å². The van der Waals surface area contributed by atoms with E-state index in [9.17, 15) is 5.11 Å². The second-order valence-corrected chi connectivity index (χ2v) is 30.6. The van der Waals surface area contributed by atoms with Crippen LogP contribution >= 0.6 is 0 Å². The fourth-order valence-corrected chi connectivity index (χ4v) is 12.1. The molecule has 0 radical (unpaired) electrons. The third kappa shape index (κ3) is 10.1. The molecule has 0 aromatic rings. The quantitative estimate of drug-likeness (QED) is 0.103. The van der Waals surface area contributed by atoms with Crippen molar-refractivity contribution in [2.75, 3.05) is 0 Å². The first-order valence-corrected chi connectivity index (χ1v) is 27.2. The van der Waals surface area contributed by atoms with E-state index in [4.69, 9.17) is 15.4 Å². The number of aliphatic hydroxyl groups is 1. The molecule has 4 aliphatic carbocycles. The maximum absolute atomic E-state index is 11.3. The highest BCUT2D eigenvalue weighted by Crippen LogP contribution is 2.60. The average molecular weight is 739 g/mol. The van der Waals surface area contributed by atoms with Gasteiger partial charge in [0.15, 0.2) is 16.6 Å². The number of allylic oxidation sites excluding steroid dienone is 4. The van der Waals surface area contributed by atoms with E-state index in [1.165, 1.54) is 94.6 Å². The van der Waals surface area contributed by atoms with Gasteiger partial charge in [0.25, 0.3) is 0 Å². The van der Waals surface area contributed by atoms with Crippen molar-refractivity contribution < 1.29 is 14.0 Å². The van der Waals surface area contributed by atoms with E-state index in [-0.39, 0.29) is 33.8 Å². The minimum atomic E-state index is -1.99. The van der Waals surface area contributed by atoms with E-state index in [1.54, 1.807) is 5.57 Å². The molecule has 1 N–H and O–H groups in total. The highest BCUT2D eigenvalue weighted by atomic mass is 28.4. The normalized spacial score (nSPS) is 31.8. The minimum absolute atomic E-state index is 0.0189. The van der Waals surface area contributed by atoms with Gasteiger partial charge in [0.1, 0.15) is 0 Å². The predicted molar refractivity (Wildman–Crippen MR) is 226 cm³/mol. The molecule has 0 aromatic heterocycles.